The first-order valence-electron chi connectivity index (χ1n) is 5.89. The molecule has 0 radical (unpaired) electrons. The molecule has 4 nitrogen and oxygen atoms in total. The number of hydrogen-bond acceptors (Lipinski definition) is 3. The van der Waals surface area contributed by atoms with Crippen molar-refractivity contribution in [3.05, 3.63) is 78.7 Å². The number of nitro benzene ring substituents is 1. The van der Waals surface area contributed by atoms with Crippen LogP contribution in [-0.2, 0) is 0 Å². The SMILES string of the molecule is O=C(C=Cc1cc(Br)ccc1[N+](=O)[O-])c1cccc(Br)c1. The maximum Gasteiger partial charge on any atom is 0.276 e. The van der Waals surface area contributed by atoms with E-state index in [1.807, 2.05) is 6.07 Å². The molecule has 0 unspecified atom stereocenters. The molecule has 0 aromatic heterocycles. The van der Waals surface area contributed by atoms with Crippen molar-refractivity contribution in [1.82, 2.24) is 0 Å². The van der Waals surface area contributed by atoms with E-state index in [1.54, 1.807) is 30.3 Å². The Kier molecular flexibility index (Phi) is 5.03. The number of allylic oxidation sites excluding steroid dienone is 1. The lowest BCUT2D eigenvalue weighted by Crippen LogP contribution is -1.95. The maximum absolute atomic E-state index is 12.0. The van der Waals surface area contributed by atoms with Crippen molar-refractivity contribution in [2.45, 2.75) is 0 Å². The summed E-state index contributed by atoms with van der Waals surface area (Å²) in [7, 11) is 0. The molecular weight excluding hydrogens is 402 g/mol. The Hall–Kier alpha value is -1.79. The molecule has 0 atom stereocenters. The van der Waals surface area contributed by atoms with E-state index in [2.05, 4.69) is 31.9 Å². The highest BCUT2D eigenvalue weighted by Crippen LogP contribution is 2.24. The zero-order valence-electron chi connectivity index (χ0n) is 10.6. The smallest absolute Gasteiger partial charge is 0.276 e. The molecular formula is C15H9Br2NO3. The highest BCUT2D eigenvalue weighted by atomic mass is 79.9. The van der Waals surface area contributed by atoms with E-state index in [4.69, 9.17) is 0 Å². The topological polar surface area (TPSA) is 60.2 Å². The largest absolute Gasteiger partial charge is 0.289 e. The van der Waals surface area contributed by atoms with Crippen molar-refractivity contribution in [2.75, 3.05) is 0 Å². The molecule has 0 saturated carbocycles. The lowest BCUT2D eigenvalue weighted by molar-refractivity contribution is -0.385. The van der Waals surface area contributed by atoms with Gasteiger partial charge in [-0.05, 0) is 36.4 Å². The van der Waals surface area contributed by atoms with Crippen LogP contribution in [0.1, 0.15) is 15.9 Å². The van der Waals surface area contributed by atoms with Crippen molar-refractivity contribution in [1.29, 1.82) is 0 Å². The third kappa shape index (κ3) is 4.09. The first kappa shape index (κ1) is 15.6. The number of carbonyl (C=O) groups excluding carboxylic acids is 1. The standard InChI is InChI=1S/C15H9Br2NO3/c16-12-3-1-2-11(9-12)15(19)7-4-10-8-13(17)5-6-14(10)18(20)21/h1-9H. The van der Waals surface area contributed by atoms with Crippen LogP contribution in [-0.4, -0.2) is 10.7 Å². The van der Waals surface area contributed by atoms with Crippen LogP contribution in [0.25, 0.3) is 6.08 Å². The lowest BCUT2D eigenvalue weighted by Gasteiger charge is -1.99. The van der Waals surface area contributed by atoms with E-state index in [0.717, 1.165) is 4.47 Å². The zero-order valence-corrected chi connectivity index (χ0v) is 13.8. The summed E-state index contributed by atoms with van der Waals surface area (Å²) >= 11 is 6.55. The van der Waals surface area contributed by atoms with Gasteiger partial charge >= 0.3 is 0 Å². The van der Waals surface area contributed by atoms with Crippen molar-refractivity contribution in [3.63, 3.8) is 0 Å². The number of nitro groups is 1. The summed E-state index contributed by atoms with van der Waals surface area (Å²) in [6.45, 7) is 0. The molecule has 6 heteroatoms. The van der Waals surface area contributed by atoms with Gasteiger partial charge in [0, 0.05) is 20.6 Å². The molecule has 2 rings (SSSR count). The summed E-state index contributed by atoms with van der Waals surface area (Å²) in [6, 6.07) is 11.5. The van der Waals surface area contributed by atoms with Crippen LogP contribution in [0.15, 0.2) is 57.5 Å². The number of rotatable bonds is 4. The highest BCUT2D eigenvalue weighted by molar-refractivity contribution is 9.10. The van der Waals surface area contributed by atoms with Gasteiger partial charge in [0.25, 0.3) is 5.69 Å². The Balaban J connectivity index is 2.31. The third-order valence-electron chi connectivity index (χ3n) is 2.71. The van der Waals surface area contributed by atoms with E-state index in [-0.39, 0.29) is 11.5 Å². The lowest BCUT2D eigenvalue weighted by atomic mass is 10.1. The number of hydrogen-bond donors (Lipinski definition) is 0. The number of nitrogens with zero attached hydrogens (tertiary/aromatic N) is 1. The Bertz CT molecular complexity index is 741. The monoisotopic (exact) mass is 409 g/mol. The molecule has 0 aliphatic rings. The average molecular weight is 411 g/mol. The summed E-state index contributed by atoms with van der Waals surface area (Å²) in [6.07, 6.45) is 2.78. The Labute approximate surface area is 137 Å². The summed E-state index contributed by atoms with van der Waals surface area (Å²) in [5.41, 5.74) is 0.840. The number of ketones is 1. The molecule has 106 valence electrons. The predicted octanol–water partition coefficient (Wildman–Crippen LogP) is 5.02. The van der Waals surface area contributed by atoms with E-state index >= 15 is 0 Å². The van der Waals surface area contributed by atoms with E-state index in [0.29, 0.717) is 15.6 Å². The van der Waals surface area contributed by atoms with Crippen molar-refractivity contribution in [2.24, 2.45) is 0 Å². The molecule has 0 N–H and O–H groups in total. The van der Waals surface area contributed by atoms with Gasteiger partial charge in [-0.1, -0.05) is 44.0 Å². The first-order valence-corrected chi connectivity index (χ1v) is 7.48. The fraction of sp³-hybridized carbons (Fsp3) is 0. The minimum atomic E-state index is -0.476. The highest BCUT2D eigenvalue weighted by Gasteiger charge is 2.12. The zero-order chi connectivity index (χ0) is 15.4. The molecule has 0 aliphatic heterocycles. The second-order valence-electron chi connectivity index (χ2n) is 4.17. The molecule has 0 fully saturated rings. The maximum atomic E-state index is 12.0. The second-order valence-corrected chi connectivity index (χ2v) is 6.00. The average Bonchev–Trinajstić information content (AvgIpc) is 2.44. The summed E-state index contributed by atoms with van der Waals surface area (Å²) in [5.74, 6) is -0.217. The second kappa shape index (κ2) is 6.78. The molecule has 2 aromatic rings. The van der Waals surface area contributed by atoms with Crippen LogP contribution >= 0.6 is 31.9 Å². The van der Waals surface area contributed by atoms with Gasteiger partial charge in [-0.2, -0.15) is 0 Å². The van der Waals surface area contributed by atoms with E-state index < -0.39 is 4.92 Å². The van der Waals surface area contributed by atoms with Crippen LogP contribution in [0.3, 0.4) is 0 Å². The Morgan fingerprint density at radius 1 is 1.10 bits per heavy atom. The van der Waals surface area contributed by atoms with Crippen LogP contribution in [0.4, 0.5) is 5.69 Å². The van der Waals surface area contributed by atoms with Gasteiger partial charge in [0.15, 0.2) is 5.78 Å². The fourth-order valence-corrected chi connectivity index (χ4v) is 2.51. The number of carbonyl (C=O) groups is 1. The van der Waals surface area contributed by atoms with Crippen LogP contribution in [0.5, 0.6) is 0 Å². The molecule has 0 saturated heterocycles. The van der Waals surface area contributed by atoms with Crippen LogP contribution in [0.2, 0.25) is 0 Å². The van der Waals surface area contributed by atoms with Crippen LogP contribution in [0, 0.1) is 10.1 Å². The molecule has 21 heavy (non-hydrogen) atoms. The summed E-state index contributed by atoms with van der Waals surface area (Å²) in [5, 5.41) is 11.0. The van der Waals surface area contributed by atoms with E-state index in [1.165, 1.54) is 18.2 Å². The molecule has 0 spiro atoms. The van der Waals surface area contributed by atoms with Crippen molar-refractivity contribution >= 4 is 49.4 Å². The van der Waals surface area contributed by atoms with Gasteiger partial charge in [0.1, 0.15) is 0 Å². The summed E-state index contributed by atoms with van der Waals surface area (Å²) in [4.78, 5) is 22.5. The number of halogens is 2. The minimum Gasteiger partial charge on any atom is -0.289 e. The quantitative estimate of drug-likeness (QED) is 0.308. The predicted molar refractivity (Wildman–Crippen MR) is 88.3 cm³/mol. The van der Waals surface area contributed by atoms with Gasteiger partial charge in [0.05, 0.1) is 10.5 Å². The minimum absolute atomic E-state index is 0.0449. The van der Waals surface area contributed by atoms with Crippen molar-refractivity contribution in [3.8, 4) is 0 Å². The Morgan fingerprint density at radius 3 is 2.48 bits per heavy atom. The molecule has 0 bridgehead atoms. The van der Waals surface area contributed by atoms with E-state index in [9.17, 15) is 14.9 Å². The normalized spacial score (nSPS) is 10.8. The number of benzene rings is 2. The molecule has 2 aromatic carbocycles. The fourth-order valence-electron chi connectivity index (χ4n) is 1.73. The first-order chi connectivity index (χ1) is 9.97. The van der Waals surface area contributed by atoms with Gasteiger partial charge in [-0.3, -0.25) is 14.9 Å². The Morgan fingerprint density at radius 2 is 1.81 bits per heavy atom. The van der Waals surface area contributed by atoms with Gasteiger partial charge < -0.3 is 0 Å². The molecule has 0 heterocycles. The molecule has 0 amide bonds. The van der Waals surface area contributed by atoms with Gasteiger partial charge in [-0.15, -0.1) is 0 Å². The third-order valence-corrected chi connectivity index (χ3v) is 3.70. The summed E-state index contributed by atoms with van der Waals surface area (Å²) < 4.78 is 1.51. The van der Waals surface area contributed by atoms with Gasteiger partial charge in [-0.25, -0.2) is 0 Å². The molecule has 0 aliphatic carbocycles. The van der Waals surface area contributed by atoms with Gasteiger partial charge in [0.2, 0.25) is 0 Å². The van der Waals surface area contributed by atoms with Crippen molar-refractivity contribution < 1.29 is 9.72 Å². The van der Waals surface area contributed by atoms with Crippen LogP contribution < -0.4 is 0 Å².